The van der Waals surface area contributed by atoms with Crippen molar-refractivity contribution in [1.82, 2.24) is 20.6 Å². The van der Waals surface area contributed by atoms with E-state index in [9.17, 15) is 4.39 Å². The minimum Gasteiger partial charge on any atom is -0.439 e. The first-order valence-corrected chi connectivity index (χ1v) is 9.68. The summed E-state index contributed by atoms with van der Waals surface area (Å²) < 4.78 is 18.7. The van der Waals surface area contributed by atoms with E-state index in [1.807, 2.05) is 18.3 Å². The molecule has 0 saturated heterocycles. The molecule has 0 spiro atoms. The molecule has 154 valence electrons. The third-order valence-corrected chi connectivity index (χ3v) is 4.79. The van der Waals surface area contributed by atoms with Crippen LogP contribution in [0, 0.1) is 12.7 Å². The highest BCUT2D eigenvalue weighted by Crippen LogP contribution is 2.20. The number of guanidine groups is 1. The first kappa shape index (κ1) is 23.0. The summed E-state index contributed by atoms with van der Waals surface area (Å²) in [5.41, 5.74) is 0.991. The SMILES string of the molecule is CN=C(NCCc1ncc(C)s1)NCc1ccnc(Oc2ccc(F)cc2)c1.I. The summed E-state index contributed by atoms with van der Waals surface area (Å²) >= 11 is 1.71. The Balaban J connectivity index is 0.00000300. The summed E-state index contributed by atoms with van der Waals surface area (Å²) in [6.07, 6.45) is 4.42. The van der Waals surface area contributed by atoms with E-state index in [0.29, 0.717) is 24.1 Å². The first-order chi connectivity index (χ1) is 13.6. The van der Waals surface area contributed by atoms with Gasteiger partial charge in [-0.2, -0.15) is 0 Å². The Hall–Kier alpha value is -2.27. The molecule has 0 aliphatic heterocycles. The van der Waals surface area contributed by atoms with Crippen LogP contribution in [0.4, 0.5) is 4.39 Å². The lowest BCUT2D eigenvalue weighted by atomic mass is 10.2. The quantitative estimate of drug-likeness (QED) is 0.273. The monoisotopic (exact) mass is 527 g/mol. The van der Waals surface area contributed by atoms with Crippen molar-refractivity contribution in [3.8, 4) is 11.6 Å². The number of aliphatic imine (C=N–C) groups is 1. The zero-order chi connectivity index (χ0) is 19.8. The van der Waals surface area contributed by atoms with Gasteiger partial charge in [0.15, 0.2) is 5.96 Å². The van der Waals surface area contributed by atoms with Crippen molar-refractivity contribution in [3.63, 3.8) is 0 Å². The molecule has 9 heteroatoms. The third kappa shape index (κ3) is 7.58. The lowest BCUT2D eigenvalue weighted by Gasteiger charge is -2.12. The highest BCUT2D eigenvalue weighted by molar-refractivity contribution is 14.0. The average molecular weight is 527 g/mol. The third-order valence-electron chi connectivity index (χ3n) is 3.82. The molecule has 3 aromatic rings. The lowest BCUT2D eigenvalue weighted by Crippen LogP contribution is -2.37. The van der Waals surface area contributed by atoms with Gasteiger partial charge in [0.25, 0.3) is 0 Å². The summed E-state index contributed by atoms with van der Waals surface area (Å²) in [6, 6.07) is 9.57. The van der Waals surface area contributed by atoms with Crippen LogP contribution < -0.4 is 15.4 Å². The van der Waals surface area contributed by atoms with E-state index in [1.165, 1.54) is 17.0 Å². The van der Waals surface area contributed by atoms with Crippen molar-refractivity contribution in [2.24, 2.45) is 4.99 Å². The van der Waals surface area contributed by atoms with E-state index in [0.717, 1.165) is 23.5 Å². The molecule has 3 rings (SSSR count). The number of benzene rings is 1. The zero-order valence-corrected chi connectivity index (χ0v) is 19.3. The van der Waals surface area contributed by atoms with Crippen LogP contribution in [0.1, 0.15) is 15.4 Å². The highest BCUT2D eigenvalue weighted by atomic mass is 127. The highest BCUT2D eigenvalue weighted by Gasteiger charge is 2.04. The largest absolute Gasteiger partial charge is 0.439 e. The fourth-order valence-corrected chi connectivity index (χ4v) is 3.24. The maximum Gasteiger partial charge on any atom is 0.219 e. The molecule has 0 amide bonds. The Labute approximate surface area is 190 Å². The van der Waals surface area contributed by atoms with Crippen LogP contribution >= 0.6 is 35.3 Å². The lowest BCUT2D eigenvalue weighted by molar-refractivity contribution is 0.460. The molecular formula is C20H23FIN5OS. The van der Waals surface area contributed by atoms with Crippen molar-refractivity contribution in [3.05, 3.63) is 70.1 Å². The van der Waals surface area contributed by atoms with E-state index < -0.39 is 0 Å². The van der Waals surface area contributed by atoms with E-state index >= 15 is 0 Å². The number of aryl methyl sites for hydroxylation is 1. The second kappa shape index (κ2) is 11.7. The number of pyridine rings is 1. The fraction of sp³-hybridized carbons (Fsp3) is 0.250. The van der Waals surface area contributed by atoms with Gasteiger partial charge in [0.1, 0.15) is 11.6 Å². The Morgan fingerprint density at radius 1 is 1.17 bits per heavy atom. The molecule has 29 heavy (non-hydrogen) atoms. The maximum absolute atomic E-state index is 13.0. The molecule has 0 aliphatic carbocycles. The number of thiazole rings is 1. The topological polar surface area (TPSA) is 71.4 Å². The van der Waals surface area contributed by atoms with Crippen molar-refractivity contribution in [2.45, 2.75) is 19.9 Å². The fourth-order valence-electron chi connectivity index (χ4n) is 2.45. The molecule has 0 saturated carbocycles. The van der Waals surface area contributed by atoms with Gasteiger partial charge in [-0.1, -0.05) is 0 Å². The Bertz CT molecular complexity index is 933. The number of ether oxygens (including phenoxy) is 1. The van der Waals surface area contributed by atoms with Crippen molar-refractivity contribution >= 4 is 41.3 Å². The van der Waals surface area contributed by atoms with Gasteiger partial charge in [-0.15, -0.1) is 35.3 Å². The number of hydrogen-bond acceptors (Lipinski definition) is 5. The number of rotatable bonds is 7. The Kier molecular flexibility index (Phi) is 9.26. The standard InChI is InChI=1S/C20H22FN5OS.HI/c1-14-12-25-19(28-14)8-10-24-20(22-2)26-13-15-7-9-23-18(11-15)27-17-5-3-16(21)4-6-17;/h3-7,9,11-12H,8,10,13H2,1-2H3,(H2,22,24,26);1H. The number of nitrogens with zero attached hydrogens (tertiary/aromatic N) is 3. The molecule has 2 aromatic heterocycles. The van der Waals surface area contributed by atoms with Crippen molar-refractivity contribution < 1.29 is 9.13 Å². The van der Waals surface area contributed by atoms with Gasteiger partial charge in [0, 0.05) is 49.9 Å². The molecule has 0 aliphatic rings. The van der Waals surface area contributed by atoms with Gasteiger partial charge < -0.3 is 15.4 Å². The van der Waals surface area contributed by atoms with Gasteiger partial charge in [-0.25, -0.2) is 14.4 Å². The molecular weight excluding hydrogens is 504 g/mol. The van der Waals surface area contributed by atoms with E-state index in [1.54, 1.807) is 36.7 Å². The smallest absolute Gasteiger partial charge is 0.219 e. The summed E-state index contributed by atoms with van der Waals surface area (Å²) in [5, 5.41) is 7.65. The van der Waals surface area contributed by atoms with E-state index in [2.05, 4.69) is 32.5 Å². The van der Waals surface area contributed by atoms with Gasteiger partial charge in [0.2, 0.25) is 5.88 Å². The van der Waals surface area contributed by atoms with Crippen LogP contribution in [0.2, 0.25) is 0 Å². The summed E-state index contributed by atoms with van der Waals surface area (Å²) in [4.78, 5) is 14.0. The predicted octanol–water partition coefficient (Wildman–Crippen LogP) is 4.30. The molecule has 2 heterocycles. The zero-order valence-electron chi connectivity index (χ0n) is 16.2. The van der Waals surface area contributed by atoms with Crippen LogP contribution in [0.15, 0.2) is 53.8 Å². The summed E-state index contributed by atoms with van der Waals surface area (Å²) in [7, 11) is 1.73. The molecule has 6 nitrogen and oxygen atoms in total. The first-order valence-electron chi connectivity index (χ1n) is 8.86. The molecule has 0 fully saturated rings. The van der Waals surface area contributed by atoms with Crippen LogP contribution in [0.5, 0.6) is 11.6 Å². The maximum atomic E-state index is 13.0. The molecule has 0 unspecified atom stereocenters. The van der Waals surface area contributed by atoms with Crippen LogP contribution in [0.3, 0.4) is 0 Å². The van der Waals surface area contributed by atoms with E-state index in [4.69, 9.17) is 4.74 Å². The number of aromatic nitrogens is 2. The number of hydrogen-bond donors (Lipinski definition) is 2. The normalized spacial score (nSPS) is 10.9. The van der Waals surface area contributed by atoms with Gasteiger partial charge in [-0.3, -0.25) is 4.99 Å². The van der Waals surface area contributed by atoms with Crippen molar-refractivity contribution in [2.75, 3.05) is 13.6 Å². The molecule has 0 radical (unpaired) electrons. The number of nitrogens with one attached hydrogen (secondary N) is 2. The van der Waals surface area contributed by atoms with Crippen molar-refractivity contribution in [1.29, 1.82) is 0 Å². The molecule has 0 bridgehead atoms. The van der Waals surface area contributed by atoms with E-state index in [-0.39, 0.29) is 29.8 Å². The second-order valence-electron chi connectivity index (χ2n) is 6.03. The second-order valence-corrected chi connectivity index (χ2v) is 7.34. The summed E-state index contributed by atoms with van der Waals surface area (Å²) in [6.45, 7) is 3.37. The molecule has 0 atom stereocenters. The Morgan fingerprint density at radius 3 is 2.66 bits per heavy atom. The molecule has 2 N–H and O–H groups in total. The minimum atomic E-state index is -0.304. The van der Waals surface area contributed by atoms with Gasteiger partial charge in [-0.05, 0) is 42.8 Å². The number of halogens is 2. The van der Waals surface area contributed by atoms with Crippen LogP contribution in [-0.2, 0) is 13.0 Å². The van der Waals surface area contributed by atoms with Crippen LogP contribution in [-0.4, -0.2) is 29.5 Å². The van der Waals surface area contributed by atoms with Gasteiger partial charge >= 0.3 is 0 Å². The predicted molar refractivity (Wildman–Crippen MR) is 125 cm³/mol. The summed E-state index contributed by atoms with van der Waals surface area (Å²) in [5.74, 6) is 1.40. The van der Waals surface area contributed by atoms with Gasteiger partial charge in [0.05, 0.1) is 5.01 Å². The molecule has 1 aromatic carbocycles. The van der Waals surface area contributed by atoms with Crippen LogP contribution in [0.25, 0.3) is 0 Å². The Morgan fingerprint density at radius 2 is 1.97 bits per heavy atom. The average Bonchev–Trinajstić information content (AvgIpc) is 3.12. The minimum absolute atomic E-state index is 0.